The van der Waals surface area contributed by atoms with Crippen LogP contribution in [0.1, 0.15) is 34.6 Å². The third kappa shape index (κ3) is 224. The Hall–Kier alpha value is 4.03. The van der Waals surface area contributed by atoms with E-state index in [1.54, 1.807) is 0 Å². The van der Waals surface area contributed by atoms with E-state index < -0.39 is 79.9 Å². The van der Waals surface area contributed by atoms with Gasteiger partial charge >= 0.3 is 266 Å². The van der Waals surface area contributed by atoms with Crippen molar-refractivity contribution in [1.29, 1.82) is 0 Å². The normalized spacial score (nSPS) is 7.23. The first kappa shape index (κ1) is 108. The Bertz CT molecular complexity index is 776. The van der Waals surface area contributed by atoms with Crippen molar-refractivity contribution in [3.05, 3.63) is 0 Å². The molecule has 0 aromatic carbocycles. The first-order chi connectivity index (χ1) is 21.3. The molecule has 0 spiro atoms. The summed E-state index contributed by atoms with van der Waals surface area (Å²) in [6, 6.07) is 0. The Kier molecular flexibility index (Phi) is 166. The fraction of sp³-hybridized carbons (Fsp3) is 0.625. The molecule has 0 atom stereocenters. The molecule has 278 valence electrons. The molecule has 0 aromatic heterocycles. The number of nitrogens with one attached hydrogen (secondary N) is 1. The van der Waals surface area contributed by atoms with Crippen molar-refractivity contribution in [2.24, 2.45) is 11.5 Å². The number of hydrogen-bond acceptors (Lipinski definition) is 23. The SMILES string of the molecule is CC(=O)[O-].CC(=O)[O-].CC(=O)[O-].CC(=O)[O-].CC(=O)[O-].NCCNCCN.O=C([O-])CN(CCN(CC(=O)[O-])CC(=O)[O-])CC(=O)[O-].[Na+].[Na+].[Na+].[Na+].[Na+].[Na+].[Na+].[Na+].[Na+]. The molecule has 0 aliphatic carbocycles. The van der Waals surface area contributed by atoms with Crippen molar-refractivity contribution in [1.82, 2.24) is 15.1 Å². The topological polar surface area (TPSA) is 432 Å². The summed E-state index contributed by atoms with van der Waals surface area (Å²) in [4.78, 5) is 87.9. The van der Waals surface area contributed by atoms with E-state index in [0.717, 1.165) is 57.5 Å². The molecule has 0 radical (unpaired) electrons. The van der Waals surface area contributed by atoms with Gasteiger partial charge in [-0.3, -0.25) is 9.80 Å². The van der Waals surface area contributed by atoms with Crippen LogP contribution in [0.25, 0.3) is 0 Å². The Labute approximate surface area is 525 Å². The van der Waals surface area contributed by atoms with Crippen LogP contribution in [-0.2, 0) is 43.2 Å². The van der Waals surface area contributed by atoms with Crippen molar-refractivity contribution in [2.45, 2.75) is 34.6 Å². The summed E-state index contributed by atoms with van der Waals surface area (Å²) in [5.74, 6) is -11.5. The predicted octanol–water partition coefficient (Wildman–Crippen LogP) is -42.1. The van der Waals surface area contributed by atoms with E-state index in [2.05, 4.69) is 5.32 Å². The average Bonchev–Trinajstić information content (AvgIpc) is 2.80. The van der Waals surface area contributed by atoms with Gasteiger partial charge in [0.1, 0.15) is 0 Å². The molecule has 5 N–H and O–H groups in total. The first-order valence-corrected chi connectivity index (χ1v) is 12.5. The van der Waals surface area contributed by atoms with Crippen LogP contribution in [-0.4, -0.2) is 129 Å². The molecule has 0 fully saturated rings. The maximum atomic E-state index is 10.4. The van der Waals surface area contributed by atoms with Crippen molar-refractivity contribution in [2.75, 3.05) is 65.4 Å². The third-order valence-electron chi connectivity index (χ3n) is 2.79. The molecule has 0 saturated heterocycles. The molecule has 32 heteroatoms. The number of carbonyl (C=O) groups excluding carboxylic acids is 9. The molecule has 0 aliphatic heterocycles. The number of carbonyl (C=O) groups is 9. The minimum Gasteiger partial charge on any atom is -0.550 e. The number of nitrogens with zero attached hydrogens (tertiary/aromatic N) is 2. The monoisotopic (exact) mass is 893 g/mol. The molecule has 56 heavy (non-hydrogen) atoms. The van der Waals surface area contributed by atoms with E-state index in [1.165, 1.54) is 0 Å². The van der Waals surface area contributed by atoms with Gasteiger partial charge < -0.3 is 106 Å². The van der Waals surface area contributed by atoms with Crippen LogP contribution in [0.5, 0.6) is 0 Å². The van der Waals surface area contributed by atoms with E-state index >= 15 is 0 Å². The van der Waals surface area contributed by atoms with Crippen molar-refractivity contribution < 1.29 is 355 Å². The zero-order valence-corrected chi connectivity index (χ0v) is 53.5. The number of carboxylic acids is 9. The number of hydrogen-bond donors (Lipinski definition) is 3. The summed E-state index contributed by atoms with van der Waals surface area (Å²) in [5.41, 5.74) is 10.3. The van der Waals surface area contributed by atoms with E-state index in [-0.39, 0.29) is 279 Å². The van der Waals surface area contributed by atoms with Gasteiger partial charge in [-0.25, -0.2) is 0 Å². The van der Waals surface area contributed by atoms with Crippen molar-refractivity contribution >= 4 is 53.7 Å². The summed E-state index contributed by atoms with van der Waals surface area (Å²) >= 11 is 0. The van der Waals surface area contributed by atoms with Gasteiger partial charge in [-0.15, -0.1) is 0 Å². The molecule has 0 heterocycles. The minimum atomic E-state index is -1.53. The standard InChI is InChI=1S/C10H16N2O8.C4H13N3.5C2H4O2.9Na/c13-7(14)3-11(4-8(15)16)1-2-12(5-9(17)18)6-10(19)20;5-1-3-7-4-2-6;5*1-2(3)4;;;;;;;;;/h1-6H2,(H,13,14)(H,15,16)(H,17,18)(H,19,20);7H,1-6H2;5*1H3,(H,3,4);;;;;;;;;/q;;;;;;;9*+1/p-9. The second-order valence-corrected chi connectivity index (χ2v) is 7.69. The van der Waals surface area contributed by atoms with Crippen LogP contribution >= 0.6 is 0 Å². The second-order valence-electron chi connectivity index (χ2n) is 7.69. The molecular formula is C24H40N5Na9O18. The maximum Gasteiger partial charge on any atom is 1.00 e. The smallest absolute Gasteiger partial charge is 0.550 e. The number of nitrogens with two attached hydrogens (primary N) is 2. The predicted molar refractivity (Wildman–Crippen MR) is 137 cm³/mol. The Balaban J connectivity index is -0.0000000268. The molecule has 0 amide bonds. The Morgan fingerprint density at radius 2 is 0.500 bits per heavy atom. The van der Waals surface area contributed by atoms with E-state index in [1.807, 2.05) is 0 Å². The zero-order chi connectivity index (χ0) is 39.1. The van der Waals surface area contributed by atoms with Gasteiger partial charge in [0.15, 0.2) is 0 Å². The van der Waals surface area contributed by atoms with E-state index in [9.17, 15) is 39.6 Å². The van der Waals surface area contributed by atoms with Crippen LogP contribution in [0.3, 0.4) is 0 Å². The number of aliphatic carboxylic acids is 9. The minimum absolute atomic E-state index is 0. The number of rotatable bonds is 15. The Morgan fingerprint density at radius 3 is 0.589 bits per heavy atom. The molecular weight excluding hydrogens is 853 g/mol. The van der Waals surface area contributed by atoms with Crippen LogP contribution in [0, 0.1) is 0 Å². The van der Waals surface area contributed by atoms with Gasteiger partial charge in [0, 0.05) is 95.3 Å². The van der Waals surface area contributed by atoms with Gasteiger partial charge in [-0.05, 0) is 34.6 Å². The largest absolute Gasteiger partial charge is 1.00 e. The maximum absolute atomic E-state index is 10.4. The van der Waals surface area contributed by atoms with Gasteiger partial charge in [0.2, 0.25) is 0 Å². The van der Waals surface area contributed by atoms with Gasteiger partial charge in [0.25, 0.3) is 0 Å². The summed E-state index contributed by atoms with van der Waals surface area (Å²) < 4.78 is 0. The summed E-state index contributed by atoms with van der Waals surface area (Å²) in [7, 11) is 0. The van der Waals surface area contributed by atoms with Crippen LogP contribution in [0.2, 0.25) is 0 Å². The third-order valence-corrected chi connectivity index (χ3v) is 2.79. The van der Waals surface area contributed by atoms with Gasteiger partial charge in [-0.1, -0.05) is 0 Å². The molecule has 23 nitrogen and oxygen atoms in total. The molecule has 0 saturated carbocycles. The zero-order valence-electron chi connectivity index (χ0n) is 35.5. The quantitative estimate of drug-likeness (QED) is 0.101. The fourth-order valence-corrected chi connectivity index (χ4v) is 1.77. The first-order valence-electron chi connectivity index (χ1n) is 12.5. The molecule has 0 unspecified atom stereocenters. The van der Waals surface area contributed by atoms with Crippen LogP contribution in [0.15, 0.2) is 0 Å². The molecule has 0 bridgehead atoms. The summed E-state index contributed by atoms with van der Waals surface area (Å²) in [6.07, 6.45) is 0. The summed E-state index contributed by atoms with van der Waals surface area (Å²) in [6.45, 7) is 4.74. The molecule has 0 rings (SSSR count). The summed E-state index contributed by atoms with van der Waals surface area (Å²) in [5, 5.41) is 89.1. The molecule has 0 aliphatic rings. The average molecular weight is 894 g/mol. The second kappa shape index (κ2) is 86.2. The number of carboxylic acid groups (broad SMARTS) is 9. The Morgan fingerprint density at radius 1 is 0.375 bits per heavy atom. The van der Waals surface area contributed by atoms with Crippen LogP contribution in [0.4, 0.5) is 0 Å². The van der Waals surface area contributed by atoms with Crippen molar-refractivity contribution in [3.8, 4) is 0 Å². The fourth-order valence-electron chi connectivity index (χ4n) is 1.77. The van der Waals surface area contributed by atoms with E-state index in [0.29, 0.717) is 13.1 Å². The molecule has 0 aromatic rings. The van der Waals surface area contributed by atoms with Gasteiger partial charge in [-0.2, -0.15) is 0 Å². The van der Waals surface area contributed by atoms with E-state index in [4.69, 9.17) is 61.0 Å². The van der Waals surface area contributed by atoms with Crippen molar-refractivity contribution in [3.63, 3.8) is 0 Å². The van der Waals surface area contributed by atoms with Crippen LogP contribution < -0.4 is 329 Å². The van der Waals surface area contributed by atoms with Gasteiger partial charge in [0.05, 0.1) is 23.9 Å².